The summed E-state index contributed by atoms with van der Waals surface area (Å²) >= 11 is 0. The van der Waals surface area contributed by atoms with E-state index in [1.807, 2.05) is 12.1 Å². The average molecular weight is 619 g/mol. The van der Waals surface area contributed by atoms with Crippen molar-refractivity contribution >= 4 is 28.8 Å². The summed E-state index contributed by atoms with van der Waals surface area (Å²) in [6, 6.07) is 30.6. The Kier molecular flexibility index (Phi) is 14.3. The van der Waals surface area contributed by atoms with Gasteiger partial charge in [0.05, 0.1) is 12.8 Å². The maximum absolute atomic E-state index is 11.1. The van der Waals surface area contributed by atoms with Crippen LogP contribution in [-0.4, -0.2) is 47.7 Å². The highest BCUT2D eigenvalue weighted by atomic mass is 16.2. The molecule has 0 amide bonds. The van der Waals surface area contributed by atoms with E-state index in [4.69, 9.17) is 5.73 Å². The summed E-state index contributed by atoms with van der Waals surface area (Å²) in [7, 11) is 0. The lowest BCUT2D eigenvalue weighted by atomic mass is 10.0. The fraction of sp³-hybridized carbons (Fsp3) is 0.300. The molecule has 6 heteroatoms. The summed E-state index contributed by atoms with van der Waals surface area (Å²) in [5, 5.41) is 0. The molecule has 2 aliphatic rings. The lowest BCUT2D eigenvalue weighted by Gasteiger charge is -2.16. The van der Waals surface area contributed by atoms with Gasteiger partial charge in [0.1, 0.15) is 0 Å². The topological polar surface area (TPSA) is 97.5 Å². The number of anilines is 1. The third kappa shape index (κ3) is 10.7. The van der Waals surface area contributed by atoms with Gasteiger partial charge in [0.15, 0.2) is 23.1 Å². The van der Waals surface area contributed by atoms with Crippen molar-refractivity contribution in [2.45, 2.75) is 59.8 Å². The van der Waals surface area contributed by atoms with Crippen molar-refractivity contribution in [1.29, 1.82) is 0 Å². The number of nitrogens with zero attached hydrogens (tertiary/aromatic N) is 1. The normalized spacial score (nSPS) is 12.7. The van der Waals surface area contributed by atoms with Crippen molar-refractivity contribution in [2.24, 2.45) is 0 Å². The number of hydrogen-bond acceptors (Lipinski definition) is 6. The van der Waals surface area contributed by atoms with Gasteiger partial charge in [-0.1, -0.05) is 118 Å². The predicted octanol–water partition coefficient (Wildman–Crippen LogP) is 8.21. The predicted molar refractivity (Wildman–Crippen MR) is 187 cm³/mol. The van der Waals surface area contributed by atoms with Crippen LogP contribution in [0.3, 0.4) is 0 Å². The number of fused-ring (bicyclic) bond motifs is 2. The Morgan fingerprint density at radius 1 is 0.565 bits per heavy atom. The van der Waals surface area contributed by atoms with Crippen LogP contribution < -0.4 is 5.73 Å². The van der Waals surface area contributed by atoms with Crippen molar-refractivity contribution in [3.05, 3.63) is 136 Å². The van der Waals surface area contributed by atoms with Crippen LogP contribution in [0.2, 0.25) is 0 Å². The standard InChI is InChI=1S/C14H15N.2C9H6O2.C8H19N/c1-11-2-4-12(5-3-11)10-13-6-8-14(15)9-7-13;2*10-8-5-9(11)7-4-2-1-3-6(7)8;1-4-7-8-9(5-2)6-3/h2-9H,10,15H2,1H3;2*1-4H,5H2;4-8H2,1-3H3. The second-order valence-corrected chi connectivity index (χ2v) is 11.4. The van der Waals surface area contributed by atoms with Crippen LogP contribution in [-0.2, 0) is 6.42 Å². The van der Waals surface area contributed by atoms with Gasteiger partial charge in [-0.25, -0.2) is 0 Å². The Morgan fingerprint density at radius 3 is 1.28 bits per heavy atom. The lowest BCUT2D eigenvalue weighted by molar-refractivity contribution is 0.0906. The molecule has 0 aromatic heterocycles. The number of nitrogens with two attached hydrogens (primary N) is 1. The lowest BCUT2D eigenvalue weighted by Crippen LogP contribution is -2.23. The summed E-state index contributed by atoms with van der Waals surface area (Å²) in [5.74, 6) is -0.201. The Bertz CT molecular complexity index is 1420. The first kappa shape index (κ1) is 35.8. The largest absolute Gasteiger partial charge is 0.399 e. The molecule has 0 bridgehead atoms. The zero-order valence-corrected chi connectivity index (χ0v) is 27.6. The van der Waals surface area contributed by atoms with Gasteiger partial charge in [0, 0.05) is 27.9 Å². The quantitative estimate of drug-likeness (QED) is 0.166. The summed E-state index contributed by atoms with van der Waals surface area (Å²) < 4.78 is 0. The molecule has 2 aliphatic carbocycles. The van der Waals surface area contributed by atoms with E-state index in [0.29, 0.717) is 22.3 Å². The van der Waals surface area contributed by atoms with Crippen LogP contribution in [0.5, 0.6) is 0 Å². The number of carbonyl (C=O) groups is 4. The van der Waals surface area contributed by atoms with Gasteiger partial charge in [-0.2, -0.15) is 0 Å². The van der Waals surface area contributed by atoms with Crippen LogP contribution >= 0.6 is 0 Å². The summed E-state index contributed by atoms with van der Waals surface area (Å²) in [5.41, 5.74) is 12.7. The highest BCUT2D eigenvalue weighted by Crippen LogP contribution is 2.21. The molecule has 4 aromatic rings. The molecule has 240 valence electrons. The number of carbonyl (C=O) groups excluding carboxylic acids is 4. The molecule has 0 saturated carbocycles. The molecular formula is C40H46N2O4. The maximum atomic E-state index is 11.1. The third-order valence-corrected chi connectivity index (χ3v) is 7.93. The van der Waals surface area contributed by atoms with Gasteiger partial charge >= 0.3 is 0 Å². The zero-order chi connectivity index (χ0) is 33.5. The van der Waals surface area contributed by atoms with E-state index in [-0.39, 0.29) is 36.0 Å². The van der Waals surface area contributed by atoms with Crippen LogP contribution in [0.1, 0.15) is 105 Å². The second-order valence-electron chi connectivity index (χ2n) is 11.4. The Hall–Kier alpha value is -4.68. The van der Waals surface area contributed by atoms with Crippen LogP contribution in [0.25, 0.3) is 0 Å². The second kappa shape index (κ2) is 18.3. The molecule has 0 aliphatic heterocycles. The Balaban J connectivity index is 0.000000170. The average Bonchev–Trinajstić information content (AvgIpc) is 3.54. The van der Waals surface area contributed by atoms with Gasteiger partial charge in [0.2, 0.25) is 0 Å². The number of rotatable bonds is 7. The molecule has 2 N–H and O–H groups in total. The van der Waals surface area contributed by atoms with Gasteiger partial charge < -0.3 is 10.6 Å². The van der Waals surface area contributed by atoms with E-state index in [2.05, 4.69) is 69.0 Å². The molecule has 4 aromatic carbocycles. The summed E-state index contributed by atoms with van der Waals surface area (Å²) in [4.78, 5) is 46.7. The Labute approximate surface area is 273 Å². The monoisotopic (exact) mass is 618 g/mol. The van der Waals surface area contributed by atoms with Crippen molar-refractivity contribution in [1.82, 2.24) is 4.90 Å². The molecule has 0 atom stereocenters. The first-order chi connectivity index (χ1) is 22.2. The van der Waals surface area contributed by atoms with E-state index in [0.717, 1.165) is 12.1 Å². The van der Waals surface area contributed by atoms with Crippen molar-refractivity contribution < 1.29 is 19.2 Å². The van der Waals surface area contributed by atoms with Crippen molar-refractivity contribution in [3.8, 4) is 0 Å². The summed E-state index contributed by atoms with van der Waals surface area (Å²) in [6.07, 6.45) is 3.75. The molecule has 0 radical (unpaired) electrons. The molecule has 0 fully saturated rings. The van der Waals surface area contributed by atoms with Gasteiger partial charge in [-0.05, 0) is 62.7 Å². The fourth-order valence-electron chi connectivity index (χ4n) is 5.11. The minimum Gasteiger partial charge on any atom is -0.399 e. The van der Waals surface area contributed by atoms with E-state index in [9.17, 15) is 19.2 Å². The fourth-order valence-corrected chi connectivity index (χ4v) is 5.11. The van der Waals surface area contributed by atoms with Gasteiger partial charge in [-0.15, -0.1) is 0 Å². The maximum Gasteiger partial charge on any atom is 0.171 e. The molecule has 6 rings (SSSR count). The first-order valence-electron chi connectivity index (χ1n) is 16.1. The van der Waals surface area contributed by atoms with E-state index in [1.165, 1.54) is 49.2 Å². The third-order valence-electron chi connectivity index (χ3n) is 7.93. The zero-order valence-electron chi connectivity index (χ0n) is 27.6. The number of nitrogen functional groups attached to an aromatic ring is 1. The first-order valence-corrected chi connectivity index (χ1v) is 16.1. The number of ketones is 4. The molecule has 0 spiro atoms. The smallest absolute Gasteiger partial charge is 0.171 e. The van der Waals surface area contributed by atoms with E-state index < -0.39 is 0 Å². The highest BCUT2D eigenvalue weighted by molar-refractivity contribution is 6.24. The minimum atomic E-state index is -0.0504. The van der Waals surface area contributed by atoms with Crippen molar-refractivity contribution in [2.75, 3.05) is 25.4 Å². The number of Topliss-reactive ketones (excluding diaryl/α,β-unsaturated/α-hetero) is 4. The molecule has 6 nitrogen and oxygen atoms in total. The number of benzene rings is 4. The highest BCUT2D eigenvalue weighted by Gasteiger charge is 2.26. The van der Waals surface area contributed by atoms with E-state index in [1.54, 1.807) is 48.5 Å². The number of unbranched alkanes of at least 4 members (excludes halogenated alkanes) is 1. The molecular weight excluding hydrogens is 572 g/mol. The summed E-state index contributed by atoms with van der Waals surface area (Å²) in [6.45, 7) is 12.5. The minimum absolute atomic E-state index is 0.0504. The van der Waals surface area contributed by atoms with Crippen LogP contribution in [0, 0.1) is 6.92 Å². The van der Waals surface area contributed by atoms with Crippen LogP contribution in [0.4, 0.5) is 5.69 Å². The molecule has 46 heavy (non-hydrogen) atoms. The van der Waals surface area contributed by atoms with Crippen molar-refractivity contribution in [3.63, 3.8) is 0 Å². The van der Waals surface area contributed by atoms with Gasteiger partial charge in [-0.3, -0.25) is 19.2 Å². The number of hydrogen-bond donors (Lipinski definition) is 1. The molecule has 0 saturated heterocycles. The molecule has 0 unspecified atom stereocenters. The number of aryl methyl sites for hydroxylation is 1. The van der Waals surface area contributed by atoms with Gasteiger partial charge in [0.25, 0.3) is 0 Å². The Morgan fingerprint density at radius 2 is 0.935 bits per heavy atom. The van der Waals surface area contributed by atoms with Crippen LogP contribution in [0.15, 0.2) is 97.1 Å². The molecule has 0 heterocycles. The SMILES string of the molecule is CCCCN(CC)CC.Cc1ccc(Cc2ccc(N)cc2)cc1.O=C1CC(=O)c2ccccc21.O=C1CC(=O)c2ccccc21. The van der Waals surface area contributed by atoms with E-state index >= 15 is 0 Å².